The van der Waals surface area contributed by atoms with Gasteiger partial charge in [0.2, 0.25) is 0 Å². The second-order valence-electron chi connectivity index (χ2n) is 3.88. The minimum absolute atomic E-state index is 0.142. The summed E-state index contributed by atoms with van der Waals surface area (Å²) in [4.78, 5) is 20.1. The Morgan fingerprint density at radius 3 is 2.72 bits per heavy atom. The standard InChI is InChI=1S/C13H12N2O2S/c1-8-4-3-5-10(6-8)18-13-14-7-11(12(16)17)9(2)15-13/h3-7H,1-2H3,(H,16,17). The molecule has 5 heteroatoms. The van der Waals surface area contributed by atoms with Gasteiger partial charge in [0.1, 0.15) is 0 Å². The number of aromatic carboxylic acids is 1. The van der Waals surface area contributed by atoms with E-state index in [2.05, 4.69) is 9.97 Å². The van der Waals surface area contributed by atoms with Crippen LogP contribution < -0.4 is 0 Å². The molecule has 0 aliphatic carbocycles. The van der Waals surface area contributed by atoms with Crippen LogP contribution in [0.5, 0.6) is 0 Å². The first-order valence-corrected chi connectivity index (χ1v) is 6.19. The number of aromatic nitrogens is 2. The normalized spacial score (nSPS) is 10.3. The van der Waals surface area contributed by atoms with Gasteiger partial charge >= 0.3 is 5.97 Å². The third-order valence-electron chi connectivity index (χ3n) is 2.39. The Hall–Kier alpha value is -1.88. The van der Waals surface area contributed by atoms with E-state index < -0.39 is 5.97 Å². The maximum atomic E-state index is 10.8. The van der Waals surface area contributed by atoms with Gasteiger partial charge in [-0.25, -0.2) is 14.8 Å². The van der Waals surface area contributed by atoms with E-state index in [-0.39, 0.29) is 5.56 Å². The van der Waals surface area contributed by atoms with Crippen LogP contribution >= 0.6 is 11.8 Å². The van der Waals surface area contributed by atoms with Crippen molar-refractivity contribution in [1.82, 2.24) is 9.97 Å². The molecule has 2 rings (SSSR count). The number of carbonyl (C=O) groups is 1. The maximum Gasteiger partial charge on any atom is 0.339 e. The molecule has 0 radical (unpaired) electrons. The van der Waals surface area contributed by atoms with Gasteiger partial charge in [0, 0.05) is 11.1 Å². The summed E-state index contributed by atoms with van der Waals surface area (Å²) in [5.74, 6) is -1.00. The molecule has 0 saturated heterocycles. The van der Waals surface area contributed by atoms with E-state index in [4.69, 9.17) is 5.11 Å². The van der Waals surface area contributed by atoms with E-state index in [0.717, 1.165) is 4.90 Å². The predicted octanol–water partition coefficient (Wildman–Crippen LogP) is 2.94. The molecule has 1 aromatic carbocycles. The minimum Gasteiger partial charge on any atom is -0.478 e. The van der Waals surface area contributed by atoms with E-state index in [9.17, 15) is 4.79 Å². The zero-order valence-electron chi connectivity index (χ0n) is 10.0. The van der Waals surface area contributed by atoms with Crippen molar-refractivity contribution >= 4 is 17.7 Å². The van der Waals surface area contributed by atoms with Crippen LogP contribution in [0.25, 0.3) is 0 Å². The summed E-state index contributed by atoms with van der Waals surface area (Å²) in [7, 11) is 0. The summed E-state index contributed by atoms with van der Waals surface area (Å²) in [5.41, 5.74) is 1.79. The average molecular weight is 260 g/mol. The molecule has 0 spiro atoms. The summed E-state index contributed by atoms with van der Waals surface area (Å²) in [6.07, 6.45) is 1.35. The van der Waals surface area contributed by atoms with E-state index >= 15 is 0 Å². The smallest absolute Gasteiger partial charge is 0.339 e. The molecule has 0 fully saturated rings. The van der Waals surface area contributed by atoms with Crippen molar-refractivity contribution in [3.63, 3.8) is 0 Å². The van der Waals surface area contributed by atoms with Gasteiger partial charge in [0.15, 0.2) is 5.16 Å². The van der Waals surface area contributed by atoms with E-state index in [1.165, 1.54) is 23.5 Å². The zero-order valence-corrected chi connectivity index (χ0v) is 10.9. The highest BCUT2D eigenvalue weighted by Gasteiger charge is 2.10. The average Bonchev–Trinajstić information content (AvgIpc) is 2.28. The molecule has 1 N–H and O–H groups in total. The monoisotopic (exact) mass is 260 g/mol. The zero-order chi connectivity index (χ0) is 13.1. The molecular weight excluding hydrogens is 248 g/mol. The Morgan fingerprint density at radius 1 is 1.33 bits per heavy atom. The van der Waals surface area contributed by atoms with Crippen molar-refractivity contribution < 1.29 is 9.90 Å². The van der Waals surface area contributed by atoms with Crippen molar-refractivity contribution in [3.05, 3.63) is 47.3 Å². The Kier molecular flexibility index (Phi) is 3.62. The molecule has 2 aromatic rings. The second kappa shape index (κ2) is 5.18. The van der Waals surface area contributed by atoms with Crippen LogP contribution in [0.1, 0.15) is 21.6 Å². The fourth-order valence-corrected chi connectivity index (χ4v) is 2.38. The molecule has 0 aliphatic heterocycles. The number of carboxylic acid groups (broad SMARTS) is 1. The summed E-state index contributed by atoms with van der Waals surface area (Å²) < 4.78 is 0. The minimum atomic E-state index is -1.00. The first kappa shape index (κ1) is 12.6. The Bertz CT molecular complexity index is 599. The number of hydrogen-bond acceptors (Lipinski definition) is 4. The molecular formula is C13H12N2O2S. The molecule has 0 saturated carbocycles. The van der Waals surface area contributed by atoms with Gasteiger partial charge in [-0.1, -0.05) is 17.7 Å². The number of carboxylic acids is 1. The van der Waals surface area contributed by atoms with Gasteiger partial charge in [-0.15, -0.1) is 0 Å². The number of hydrogen-bond donors (Lipinski definition) is 1. The van der Waals surface area contributed by atoms with Crippen molar-refractivity contribution in [1.29, 1.82) is 0 Å². The van der Waals surface area contributed by atoms with E-state index in [1.54, 1.807) is 6.92 Å². The highest BCUT2D eigenvalue weighted by Crippen LogP contribution is 2.25. The van der Waals surface area contributed by atoms with Crippen molar-refractivity contribution in [2.24, 2.45) is 0 Å². The SMILES string of the molecule is Cc1cccc(Sc2ncc(C(=O)O)c(C)n2)c1. The predicted molar refractivity (Wildman–Crippen MR) is 69.0 cm³/mol. The number of benzene rings is 1. The molecule has 0 bridgehead atoms. The van der Waals surface area contributed by atoms with Gasteiger partial charge in [-0.2, -0.15) is 0 Å². The van der Waals surface area contributed by atoms with Crippen LogP contribution in [-0.2, 0) is 0 Å². The van der Waals surface area contributed by atoms with Crippen molar-refractivity contribution in [2.45, 2.75) is 23.9 Å². The number of rotatable bonds is 3. The third-order valence-corrected chi connectivity index (χ3v) is 3.26. The van der Waals surface area contributed by atoms with Gasteiger partial charge in [0.05, 0.1) is 11.3 Å². The van der Waals surface area contributed by atoms with Gasteiger partial charge in [-0.3, -0.25) is 0 Å². The van der Waals surface area contributed by atoms with E-state index in [0.29, 0.717) is 10.9 Å². The first-order valence-electron chi connectivity index (χ1n) is 5.38. The Morgan fingerprint density at radius 2 is 2.11 bits per heavy atom. The lowest BCUT2D eigenvalue weighted by Gasteiger charge is -2.04. The molecule has 1 aromatic heterocycles. The molecule has 18 heavy (non-hydrogen) atoms. The maximum absolute atomic E-state index is 10.8. The van der Waals surface area contributed by atoms with Crippen LogP contribution in [0.4, 0.5) is 0 Å². The molecule has 0 unspecified atom stereocenters. The highest BCUT2D eigenvalue weighted by atomic mass is 32.2. The van der Waals surface area contributed by atoms with E-state index in [1.807, 2.05) is 31.2 Å². The molecule has 0 aliphatic rings. The quantitative estimate of drug-likeness (QED) is 0.860. The van der Waals surface area contributed by atoms with Crippen molar-refractivity contribution in [3.8, 4) is 0 Å². The fraction of sp³-hybridized carbons (Fsp3) is 0.154. The van der Waals surface area contributed by atoms with Gasteiger partial charge in [-0.05, 0) is 37.7 Å². The molecule has 92 valence electrons. The molecule has 1 heterocycles. The Labute approximate surface area is 109 Å². The summed E-state index contributed by atoms with van der Waals surface area (Å²) in [5, 5.41) is 9.45. The number of nitrogens with zero attached hydrogens (tertiary/aromatic N) is 2. The van der Waals surface area contributed by atoms with Crippen LogP contribution in [0.2, 0.25) is 0 Å². The topological polar surface area (TPSA) is 63.1 Å². The third kappa shape index (κ3) is 2.87. The first-order chi connectivity index (χ1) is 8.56. The molecule has 0 atom stereocenters. The highest BCUT2D eigenvalue weighted by molar-refractivity contribution is 7.99. The van der Waals surface area contributed by atoms with Crippen LogP contribution in [0, 0.1) is 13.8 Å². The lowest BCUT2D eigenvalue weighted by molar-refractivity contribution is 0.0695. The second-order valence-corrected chi connectivity index (χ2v) is 4.92. The lowest BCUT2D eigenvalue weighted by atomic mass is 10.2. The fourth-order valence-electron chi connectivity index (χ4n) is 1.49. The Balaban J connectivity index is 2.25. The van der Waals surface area contributed by atoms with Gasteiger partial charge in [0.25, 0.3) is 0 Å². The van der Waals surface area contributed by atoms with Crippen LogP contribution in [-0.4, -0.2) is 21.0 Å². The summed E-state index contributed by atoms with van der Waals surface area (Å²) >= 11 is 1.42. The lowest BCUT2D eigenvalue weighted by Crippen LogP contribution is -2.03. The molecule has 0 amide bonds. The van der Waals surface area contributed by atoms with Gasteiger partial charge < -0.3 is 5.11 Å². The summed E-state index contributed by atoms with van der Waals surface area (Å²) in [6, 6.07) is 8.00. The summed E-state index contributed by atoms with van der Waals surface area (Å²) in [6.45, 7) is 3.69. The van der Waals surface area contributed by atoms with Crippen LogP contribution in [0.3, 0.4) is 0 Å². The largest absolute Gasteiger partial charge is 0.478 e. The van der Waals surface area contributed by atoms with Crippen molar-refractivity contribution in [2.75, 3.05) is 0 Å². The van der Waals surface area contributed by atoms with Crippen LogP contribution in [0.15, 0.2) is 40.5 Å². The molecule has 4 nitrogen and oxygen atoms in total. The number of aryl methyl sites for hydroxylation is 2.